The van der Waals surface area contributed by atoms with E-state index < -0.39 is 0 Å². The van der Waals surface area contributed by atoms with Gasteiger partial charge < -0.3 is 0 Å². The number of allylic oxidation sites excluding steroid dienone is 3. The third kappa shape index (κ3) is 5.48. The van der Waals surface area contributed by atoms with Crippen LogP contribution in [0.4, 0.5) is 0 Å². The summed E-state index contributed by atoms with van der Waals surface area (Å²) in [6.45, 7) is 0. The van der Waals surface area contributed by atoms with Crippen molar-refractivity contribution in [3.05, 3.63) is 220 Å². The van der Waals surface area contributed by atoms with E-state index >= 15 is 0 Å². The second-order valence-electron chi connectivity index (χ2n) is 11.6. The molecular formula is C48H28. The maximum Gasteiger partial charge on any atom is 0.0836 e. The van der Waals surface area contributed by atoms with Crippen molar-refractivity contribution in [2.75, 3.05) is 0 Å². The molecule has 0 aromatic heterocycles. The minimum absolute atomic E-state index is 0.744. The molecule has 48 heavy (non-hydrogen) atoms. The van der Waals surface area contributed by atoms with E-state index in [4.69, 9.17) is 0 Å². The number of rotatable bonds is 4. The first-order valence-corrected chi connectivity index (χ1v) is 16.0. The molecule has 0 unspecified atom stereocenters. The van der Waals surface area contributed by atoms with Crippen molar-refractivity contribution in [1.82, 2.24) is 0 Å². The molecule has 0 heterocycles. The topological polar surface area (TPSA) is 0 Å². The summed E-state index contributed by atoms with van der Waals surface area (Å²) in [5.74, 6) is 21.4. The molecule has 220 valence electrons. The summed E-state index contributed by atoms with van der Waals surface area (Å²) in [4.78, 5) is 0. The van der Waals surface area contributed by atoms with Gasteiger partial charge in [-0.1, -0.05) is 205 Å². The Morgan fingerprint density at radius 3 is 0.875 bits per heavy atom. The largest absolute Gasteiger partial charge is 0.0836 e. The van der Waals surface area contributed by atoms with E-state index in [2.05, 4.69) is 181 Å². The number of hydrogen-bond donors (Lipinski definition) is 0. The molecule has 0 radical (unpaired) electrons. The lowest BCUT2D eigenvalue weighted by molar-refractivity contribution is 1.53. The van der Waals surface area contributed by atoms with Crippen molar-refractivity contribution in [1.29, 1.82) is 0 Å². The molecule has 0 amide bonds. The van der Waals surface area contributed by atoms with Crippen molar-refractivity contribution in [3.63, 3.8) is 0 Å². The van der Waals surface area contributed by atoms with Gasteiger partial charge in [-0.15, -0.1) is 0 Å². The zero-order valence-electron chi connectivity index (χ0n) is 26.2. The first kappa shape index (κ1) is 28.7. The highest BCUT2D eigenvalue weighted by atomic mass is 14.3. The molecule has 0 saturated carbocycles. The Kier molecular flexibility index (Phi) is 7.71. The second kappa shape index (κ2) is 12.9. The van der Waals surface area contributed by atoms with Crippen LogP contribution in [-0.4, -0.2) is 0 Å². The van der Waals surface area contributed by atoms with Gasteiger partial charge in [-0.2, -0.15) is 0 Å². The van der Waals surface area contributed by atoms with E-state index in [1.54, 1.807) is 0 Å². The predicted molar refractivity (Wildman–Crippen MR) is 199 cm³/mol. The van der Waals surface area contributed by atoms with E-state index in [1.165, 1.54) is 11.1 Å². The van der Waals surface area contributed by atoms with E-state index in [-0.39, 0.29) is 0 Å². The average molecular weight is 605 g/mol. The lowest BCUT2D eigenvalue weighted by Gasteiger charge is -2.10. The molecule has 0 bridgehead atoms. The molecule has 0 nitrogen and oxygen atoms in total. The number of fused-ring (bicyclic) bond motifs is 3. The fourth-order valence-electron chi connectivity index (χ4n) is 6.46. The number of benzene rings is 6. The predicted octanol–water partition coefficient (Wildman–Crippen LogP) is 10.5. The van der Waals surface area contributed by atoms with Crippen LogP contribution in [0.5, 0.6) is 0 Å². The van der Waals surface area contributed by atoms with Crippen molar-refractivity contribution in [2.24, 2.45) is 0 Å². The molecule has 0 fully saturated rings. The Labute approximate surface area is 282 Å². The molecule has 0 N–H and O–H groups in total. The highest BCUT2D eigenvalue weighted by Crippen LogP contribution is 2.45. The summed E-state index contributed by atoms with van der Waals surface area (Å²) in [6, 6.07) is 58.7. The molecule has 6 aromatic rings. The quantitative estimate of drug-likeness (QED) is 0.175. The Morgan fingerprint density at radius 2 is 0.542 bits per heavy atom. The molecule has 2 aliphatic carbocycles. The molecule has 2 aliphatic rings. The van der Waals surface area contributed by atoms with Gasteiger partial charge in [0, 0.05) is 16.7 Å². The van der Waals surface area contributed by atoms with Crippen LogP contribution >= 0.6 is 0 Å². The lowest BCUT2D eigenvalue weighted by atomic mass is 9.91. The van der Waals surface area contributed by atoms with Crippen LogP contribution in [-0.2, 0) is 0 Å². The van der Waals surface area contributed by atoms with Gasteiger partial charge in [-0.25, -0.2) is 0 Å². The highest BCUT2D eigenvalue weighted by Gasteiger charge is 2.25. The van der Waals surface area contributed by atoms with Crippen molar-refractivity contribution < 1.29 is 0 Å². The maximum atomic E-state index is 3.57. The van der Waals surface area contributed by atoms with Gasteiger partial charge in [0.05, 0.1) is 16.7 Å². The molecule has 0 aliphatic heterocycles. The summed E-state index contributed by atoms with van der Waals surface area (Å²) in [5.41, 5.74) is 14.2. The van der Waals surface area contributed by atoms with Crippen LogP contribution in [0.2, 0.25) is 0 Å². The average Bonchev–Trinajstić information content (AvgIpc) is 3.53. The Morgan fingerprint density at radius 1 is 0.271 bits per heavy atom. The van der Waals surface area contributed by atoms with E-state index in [9.17, 15) is 0 Å². The van der Waals surface area contributed by atoms with Crippen molar-refractivity contribution in [2.45, 2.75) is 0 Å². The Balaban J connectivity index is 1.50. The third-order valence-electron chi connectivity index (χ3n) is 8.62. The molecule has 0 atom stereocenters. The zero-order valence-corrected chi connectivity index (χ0v) is 26.2. The minimum atomic E-state index is 0.744. The molecular weight excluding hydrogens is 577 g/mol. The van der Waals surface area contributed by atoms with Gasteiger partial charge in [0.2, 0.25) is 0 Å². The van der Waals surface area contributed by atoms with Crippen LogP contribution in [0, 0.1) is 35.5 Å². The zero-order chi connectivity index (χ0) is 32.1. The smallest absolute Gasteiger partial charge is 0.0622 e. The van der Waals surface area contributed by atoms with Crippen LogP contribution in [0.3, 0.4) is 0 Å². The van der Waals surface area contributed by atoms with Crippen molar-refractivity contribution >= 4 is 16.7 Å². The molecule has 0 spiro atoms. The Bertz CT molecular complexity index is 2140. The fourth-order valence-corrected chi connectivity index (χ4v) is 6.46. The summed E-state index contributed by atoms with van der Waals surface area (Å²) >= 11 is 0. The van der Waals surface area contributed by atoms with Crippen LogP contribution in [0.1, 0.15) is 33.4 Å². The van der Waals surface area contributed by atoms with Crippen LogP contribution < -0.4 is 0 Å². The minimum Gasteiger partial charge on any atom is -0.0622 e. The van der Waals surface area contributed by atoms with Gasteiger partial charge in [-0.3, -0.25) is 0 Å². The molecule has 0 saturated heterocycles. The normalized spacial score (nSPS) is 12.4. The van der Waals surface area contributed by atoms with E-state index in [1.807, 2.05) is 24.3 Å². The fraction of sp³-hybridized carbons (Fsp3) is 0. The van der Waals surface area contributed by atoms with Crippen LogP contribution in [0.15, 0.2) is 187 Å². The van der Waals surface area contributed by atoms with Gasteiger partial charge in [-0.05, 0) is 44.5 Å². The Hall–Kier alpha value is -6.78. The van der Waals surface area contributed by atoms with Gasteiger partial charge in [0.25, 0.3) is 0 Å². The summed E-state index contributed by atoms with van der Waals surface area (Å²) < 4.78 is 0. The maximum absolute atomic E-state index is 3.57. The van der Waals surface area contributed by atoms with E-state index in [0.717, 1.165) is 66.8 Å². The van der Waals surface area contributed by atoms with Crippen molar-refractivity contribution in [3.8, 4) is 46.6 Å². The van der Waals surface area contributed by atoms with Crippen LogP contribution in [0.25, 0.3) is 27.8 Å². The number of hydrogen-bond acceptors (Lipinski definition) is 0. The SMILES string of the molecule is C1#CC(=C(c2ccccc2)c2ccccc2)C#CC(=C2c3ccccc3-c3ccccc32)C#CC1=C(c1ccccc1)c1ccccc1. The molecule has 0 heteroatoms. The van der Waals surface area contributed by atoms with E-state index in [0.29, 0.717) is 0 Å². The summed E-state index contributed by atoms with van der Waals surface area (Å²) in [6.07, 6.45) is 0. The summed E-state index contributed by atoms with van der Waals surface area (Å²) in [7, 11) is 0. The monoisotopic (exact) mass is 604 g/mol. The second-order valence-corrected chi connectivity index (χ2v) is 11.6. The summed E-state index contributed by atoms with van der Waals surface area (Å²) in [5, 5.41) is 0. The highest BCUT2D eigenvalue weighted by molar-refractivity contribution is 6.05. The van der Waals surface area contributed by atoms with Gasteiger partial charge in [0.1, 0.15) is 0 Å². The first-order chi connectivity index (χ1) is 23.8. The van der Waals surface area contributed by atoms with Gasteiger partial charge in [0.15, 0.2) is 0 Å². The van der Waals surface area contributed by atoms with Gasteiger partial charge >= 0.3 is 0 Å². The standard InChI is InChI=1S/C48H28/c1-5-17-35(18-6-1)46(36-19-7-2-8-20-36)39-29-30-40(47(37-21-9-3-10-22-37)38-23-11-4-12-24-38)32-34-41(33-31-39)48-44-27-15-13-25-42(44)43-26-14-16-28-45(43)48/h1-28H. The molecule has 6 aromatic carbocycles. The first-order valence-electron chi connectivity index (χ1n) is 16.0. The molecule has 8 rings (SSSR count). The lowest BCUT2D eigenvalue weighted by Crippen LogP contribution is -1.94. The third-order valence-corrected chi connectivity index (χ3v) is 8.62.